The van der Waals surface area contributed by atoms with E-state index in [2.05, 4.69) is 5.43 Å². The number of benzene rings is 1. The summed E-state index contributed by atoms with van der Waals surface area (Å²) in [5, 5.41) is 0. The third-order valence-corrected chi connectivity index (χ3v) is 3.11. The monoisotopic (exact) mass is 260 g/mol. The molecule has 2 nitrogen and oxygen atoms in total. The molecule has 0 aromatic heterocycles. The Bertz CT molecular complexity index is 368. The molecule has 0 heterocycles. The van der Waals surface area contributed by atoms with Crippen molar-refractivity contribution in [3.63, 3.8) is 0 Å². The molecule has 1 aromatic rings. The van der Waals surface area contributed by atoms with E-state index in [1.54, 1.807) is 0 Å². The van der Waals surface area contributed by atoms with Gasteiger partial charge in [-0.15, -0.1) is 0 Å². The summed E-state index contributed by atoms with van der Waals surface area (Å²) in [7, 11) is 0. The second kappa shape index (κ2) is 6.20. The third-order valence-electron chi connectivity index (χ3n) is 3.11. The first-order chi connectivity index (χ1) is 8.33. The molecular weight excluding hydrogens is 241 g/mol. The number of nitrogens with two attached hydrogens (primary N) is 1. The summed E-state index contributed by atoms with van der Waals surface area (Å²) in [5.41, 5.74) is 5.72. The fraction of sp³-hybridized carbons (Fsp3) is 0.538. The normalized spacial score (nSPS) is 13.7. The summed E-state index contributed by atoms with van der Waals surface area (Å²) >= 11 is 0. The van der Waals surface area contributed by atoms with Crippen molar-refractivity contribution in [3.8, 4) is 0 Å². The van der Waals surface area contributed by atoms with Crippen LogP contribution in [0.5, 0.6) is 0 Å². The molecule has 0 aliphatic heterocycles. The Morgan fingerprint density at radius 1 is 1.22 bits per heavy atom. The SMILES string of the molecule is Cc1cccc(C)c1CC(CCC(F)(F)F)NN. The van der Waals surface area contributed by atoms with E-state index >= 15 is 0 Å². The highest BCUT2D eigenvalue weighted by Crippen LogP contribution is 2.24. The van der Waals surface area contributed by atoms with Crippen molar-refractivity contribution in [1.29, 1.82) is 0 Å². The van der Waals surface area contributed by atoms with Crippen molar-refractivity contribution < 1.29 is 13.2 Å². The maximum Gasteiger partial charge on any atom is 0.389 e. The topological polar surface area (TPSA) is 38.0 Å². The number of nitrogens with one attached hydrogen (secondary N) is 1. The molecule has 1 atom stereocenters. The second-order valence-electron chi connectivity index (χ2n) is 4.59. The zero-order valence-electron chi connectivity index (χ0n) is 10.6. The van der Waals surface area contributed by atoms with Gasteiger partial charge in [0.15, 0.2) is 0 Å². The minimum absolute atomic E-state index is 0.00618. The zero-order valence-corrected chi connectivity index (χ0v) is 10.6. The summed E-state index contributed by atoms with van der Waals surface area (Å²) < 4.78 is 36.5. The Balaban J connectivity index is 2.68. The van der Waals surface area contributed by atoms with Crippen LogP contribution < -0.4 is 11.3 Å². The lowest BCUT2D eigenvalue weighted by atomic mass is 9.95. The summed E-state index contributed by atoms with van der Waals surface area (Å²) in [4.78, 5) is 0. The Hall–Kier alpha value is -1.07. The average molecular weight is 260 g/mol. The second-order valence-corrected chi connectivity index (χ2v) is 4.59. The van der Waals surface area contributed by atoms with Gasteiger partial charge in [0.2, 0.25) is 0 Å². The van der Waals surface area contributed by atoms with Gasteiger partial charge in [-0.05, 0) is 43.4 Å². The minimum atomic E-state index is -4.13. The van der Waals surface area contributed by atoms with E-state index in [4.69, 9.17) is 5.84 Å². The Labute approximate surface area is 105 Å². The van der Waals surface area contributed by atoms with Gasteiger partial charge in [0.05, 0.1) is 0 Å². The largest absolute Gasteiger partial charge is 0.389 e. The first-order valence-electron chi connectivity index (χ1n) is 5.91. The smallest absolute Gasteiger partial charge is 0.271 e. The summed E-state index contributed by atoms with van der Waals surface area (Å²) in [5.74, 6) is 5.33. The van der Waals surface area contributed by atoms with Gasteiger partial charge in [-0.3, -0.25) is 11.3 Å². The number of hydrogen-bond acceptors (Lipinski definition) is 2. The molecule has 102 valence electrons. The van der Waals surface area contributed by atoms with Crippen molar-refractivity contribution in [2.45, 2.75) is 45.3 Å². The first kappa shape index (κ1) is 15.0. The quantitative estimate of drug-likeness (QED) is 0.631. The van der Waals surface area contributed by atoms with E-state index in [1.807, 2.05) is 32.0 Å². The lowest BCUT2D eigenvalue weighted by Crippen LogP contribution is -2.38. The molecule has 0 aliphatic rings. The van der Waals surface area contributed by atoms with Gasteiger partial charge in [0, 0.05) is 12.5 Å². The van der Waals surface area contributed by atoms with E-state index in [0.717, 1.165) is 16.7 Å². The predicted molar refractivity (Wildman–Crippen MR) is 66.0 cm³/mol. The van der Waals surface area contributed by atoms with Crippen molar-refractivity contribution in [3.05, 3.63) is 34.9 Å². The van der Waals surface area contributed by atoms with Crippen LogP contribution >= 0.6 is 0 Å². The molecule has 1 aromatic carbocycles. The fourth-order valence-corrected chi connectivity index (χ4v) is 2.00. The number of hydrazine groups is 1. The number of aryl methyl sites for hydroxylation is 2. The van der Waals surface area contributed by atoms with Crippen LogP contribution in [0.15, 0.2) is 18.2 Å². The number of rotatable bonds is 5. The van der Waals surface area contributed by atoms with Crippen molar-refractivity contribution in [1.82, 2.24) is 5.43 Å². The van der Waals surface area contributed by atoms with E-state index in [9.17, 15) is 13.2 Å². The molecule has 3 N–H and O–H groups in total. The Morgan fingerprint density at radius 3 is 2.22 bits per heavy atom. The molecule has 0 radical (unpaired) electrons. The molecule has 0 aliphatic carbocycles. The highest BCUT2D eigenvalue weighted by molar-refractivity contribution is 5.34. The van der Waals surface area contributed by atoms with Gasteiger partial charge >= 0.3 is 6.18 Å². The summed E-state index contributed by atoms with van der Waals surface area (Å²) in [6.45, 7) is 3.92. The van der Waals surface area contributed by atoms with Crippen LogP contribution in [0, 0.1) is 13.8 Å². The first-order valence-corrected chi connectivity index (χ1v) is 5.91. The van der Waals surface area contributed by atoms with Crippen LogP contribution in [0.2, 0.25) is 0 Å². The number of halogens is 3. The molecule has 0 saturated heterocycles. The highest BCUT2D eigenvalue weighted by atomic mass is 19.4. The van der Waals surface area contributed by atoms with Gasteiger partial charge in [-0.1, -0.05) is 18.2 Å². The van der Waals surface area contributed by atoms with Crippen LogP contribution in [0.4, 0.5) is 13.2 Å². The Morgan fingerprint density at radius 2 is 1.78 bits per heavy atom. The van der Waals surface area contributed by atoms with Crippen molar-refractivity contribution >= 4 is 0 Å². The van der Waals surface area contributed by atoms with Crippen molar-refractivity contribution in [2.75, 3.05) is 0 Å². The van der Waals surface area contributed by atoms with Gasteiger partial charge in [-0.2, -0.15) is 13.2 Å². The lowest BCUT2D eigenvalue weighted by molar-refractivity contribution is -0.136. The molecule has 0 spiro atoms. The molecule has 0 amide bonds. The third kappa shape index (κ3) is 4.66. The summed E-state index contributed by atoms with van der Waals surface area (Å²) in [6.07, 6.45) is -4.43. The van der Waals surface area contributed by atoms with Gasteiger partial charge in [-0.25, -0.2) is 0 Å². The fourth-order valence-electron chi connectivity index (χ4n) is 2.00. The maximum absolute atomic E-state index is 12.2. The molecule has 0 bridgehead atoms. The molecule has 0 fully saturated rings. The summed E-state index contributed by atoms with van der Waals surface area (Å²) in [6, 6.07) is 5.50. The molecule has 0 saturated carbocycles. The van der Waals surface area contributed by atoms with E-state index in [1.165, 1.54) is 0 Å². The van der Waals surface area contributed by atoms with Crippen LogP contribution in [0.3, 0.4) is 0 Å². The molecule has 5 heteroatoms. The minimum Gasteiger partial charge on any atom is -0.271 e. The van der Waals surface area contributed by atoms with Gasteiger partial charge < -0.3 is 0 Å². The van der Waals surface area contributed by atoms with E-state index in [0.29, 0.717) is 6.42 Å². The number of alkyl halides is 3. The molecule has 1 rings (SSSR count). The van der Waals surface area contributed by atoms with E-state index in [-0.39, 0.29) is 12.5 Å². The van der Waals surface area contributed by atoms with Crippen LogP contribution in [-0.4, -0.2) is 12.2 Å². The standard InChI is InChI=1S/C13H19F3N2/c1-9-4-3-5-10(2)12(9)8-11(18-17)6-7-13(14,15)16/h3-5,11,18H,6-8,17H2,1-2H3. The van der Waals surface area contributed by atoms with Gasteiger partial charge in [0.25, 0.3) is 0 Å². The van der Waals surface area contributed by atoms with E-state index < -0.39 is 12.6 Å². The predicted octanol–water partition coefficient (Wildman–Crippen LogP) is 3.02. The highest BCUT2D eigenvalue weighted by Gasteiger charge is 2.28. The lowest BCUT2D eigenvalue weighted by Gasteiger charge is -2.19. The zero-order chi connectivity index (χ0) is 13.8. The molecular formula is C13H19F3N2. The maximum atomic E-state index is 12.2. The van der Waals surface area contributed by atoms with Crippen LogP contribution in [0.25, 0.3) is 0 Å². The average Bonchev–Trinajstić information content (AvgIpc) is 2.26. The Kier molecular flexibility index (Phi) is 5.16. The van der Waals surface area contributed by atoms with Gasteiger partial charge in [0.1, 0.15) is 0 Å². The number of hydrogen-bond donors (Lipinski definition) is 2. The molecule has 1 unspecified atom stereocenters. The van der Waals surface area contributed by atoms with Crippen LogP contribution in [0.1, 0.15) is 29.5 Å². The molecule has 18 heavy (non-hydrogen) atoms. The van der Waals surface area contributed by atoms with Crippen molar-refractivity contribution in [2.24, 2.45) is 5.84 Å². The van der Waals surface area contributed by atoms with Crippen LogP contribution in [-0.2, 0) is 6.42 Å².